The molecule has 1 aromatic heterocycles. The molecule has 5 nitrogen and oxygen atoms in total. The van der Waals surface area contributed by atoms with Crippen molar-refractivity contribution >= 4 is 47.2 Å². The van der Waals surface area contributed by atoms with Gasteiger partial charge in [-0.2, -0.15) is 11.3 Å². The van der Waals surface area contributed by atoms with Gasteiger partial charge in [-0.3, -0.25) is 9.79 Å². The molecule has 25 heavy (non-hydrogen) atoms. The third-order valence-corrected chi connectivity index (χ3v) is 4.51. The van der Waals surface area contributed by atoms with Gasteiger partial charge in [0.15, 0.2) is 5.96 Å². The van der Waals surface area contributed by atoms with E-state index in [2.05, 4.69) is 51.0 Å². The van der Waals surface area contributed by atoms with Crippen LogP contribution in [0.5, 0.6) is 0 Å². The van der Waals surface area contributed by atoms with Crippen molar-refractivity contribution < 1.29 is 9.53 Å². The van der Waals surface area contributed by atoms with Gasteiger partial charge < -0.3 is 15.4 Å². The predicted molar refractivity (Wildman–Crippen MR) is 117 cm³/mol. The standard InChI is InChI=1S/C18H31N3O2S.HI/c1-4-19-18(21-13-15(2)16-10-12-24-14-16)20-11-8-6-5-7-9-17(22)23-3;/h10,12,14-15H,4-9,11,13H2,1-3H3,(H2,19,20,21);1H. The number of halogens is 1. The van der Waals surface area contributed by atoms with Crippen LogP contribution in [0.3, 0.4) is 0 Å². The second-order valence-corrected chi connectivity index (χ2v) is 6.62. The number of methoxy groups -OCH3 is 1. The van der Waals surface area contributed by atoms with Crippen LogP contribution in [0.2, 0.25) is 0 Å². The van der Waals surface area contributed by atoms with Gasteiger partial charge in [-0.25, -0.2) is 0 Å². The molecule has 1 heterocycles. The Balaban J connectivity index is 0.00000576. The summed E-state index contributed by atoms with van der Waals surface area (Å²) in [6.45, 7) is 6.82. The molecule has 7 heteroatoms. The minimum atomic E-state index is -0.116. The van der Waals surface area contributed by atoms with Gasteiger partial charge in [0, 0.05) is 32.0 Å². The van der Waals surface area contributed by atoms with Crippen molar-refractivity contribution in [1.82, 2.24) is 10.6 Å². The highest BCUT2D eigenvalue weighted by atomic mass is 127. The Morgan fingerprint density at radius 3 is 2.68 bits per heavy atom. The van der Waals surface area contributed by atoms with Crippen LogP contribution in [-0.2, 0) is 9.53 Å². The molecule has 1 rings (SSSR count). The number of aliphatic imine (C=N–C) groups is 1. The van der Waals surface area contributed by atoms with Gasteiger partial charge in [0.1, 0.15) is 0 Å². The van der Waals surface area contributed by atoms with Gasteiger partial charge in [0.25, 0.3) is 0 Å². The molecule has 0 radical (unpaired) electrons. The first-order valence-corrected chi connectivity index (χ1v) is 9.72. The van der Waals surface area contributed by atoms with Crippen LogP contribution in [0, 0.1) is 0 Å². The van der Waals surface area contributed by atoms with E-state index in [1.54, 1.807) is 11.3 Å². The van der Waals surface area contributed by atoms with Crippen molar-refractivity contribution in [3.05, 3.63) is 22.4 Å². The molecule has 0 bridgehead atoms. The van der Waals surface area contributed by atoms with E-state index in [0.29, 0.717) is 12.3 Å². The molecule has 0 fully saturated rings. The van der Waals surface area contributed by atoms with E-state index < -0.39 is 0 Å². The van der Waals surface area contributed by atoms with Crippen LogP contribution in [0.15, 0.2) is 21.8 Å². The number of unbranched alkanes of at least 4 members (excludes halogenated alkanes) is 3. The highest BCUT2D eigenvalue weighted by Crippen LogP contribution is 2.18. The van der Waals surface area contributed by atoms with Crippen LogP contribution in [0.25, 0.3) is 0 Å². The maximum absolute atomic E-state index is 11.0. The summed E-state index contributed by atoms with van der Waals surface area (Å²) in [7, 11) is 1.44. The Hall–Kier alpha value is -0.830. The van der Waals surface area contributed by atoms with Crippen LogP contribution < -0.4 is 10.6 Å². The van der Waals surface area contributed by atoms with Gasteiger partial charge in [-0.05, 0) is 42.2 Å². The van der Waals surface area contributed by atoms with E-state index in [1.165, 1.54) is 12.7 Å². The summed E-state index contributed by atoms with van der Waals surface area (Å²) in [6.07, 6.45) is 4.66. The topological polar surface area (TPSA) is 62.7 Å². The number of carbonyl (C=O) groups excluding carboxylic acids is 1. The number of ether oxygens (including phenoxy) is 1. The highest BCUT2D eigenvalue weighted by molar-refractivity contribution is 14.0. The van der Waals surface area contributed by atoms with E-state index in [4.69, 9.17) is 0 Å². The summed E-state index contributed by atoms with van der Waals surface area (Å²) in [5.74, 6) is 1.20. The van der Waals surface area contributed by atoms with Crippen molar-refractivity contribution in [2.75, 3.05) is 26.7 Å². The summed E-state index contributed by atoms with van der Waals surface area (Å²) in [6, 6.07) is 2.17. The molecule has 0 saturated heterocycles. The lowest BCUT2D eigenvalue weighted by Gasteiger charge is -2.13. The first-order chi connectivity index (χ1) is 11.7. The number of esters is 1. The lowest BCUT2D eigenvalue weighted by molar-refractivity contribution is -0.140. The molecular formula is C18H32IN3O2S. The average molecular weight is 481 g/mol. The Labute approximate surface area is 173 Å². The Morgan fingerprint density at radius 1 is 1.28 bits per heavy atom. The second kappa shape index (κ2) is 15.4. The fourth-order valence-corrected chi connectivity index (χ4v) is 3.07. The average Bonchev–Trinajstić information content (AvgIpc) is 3.12. The van der Waals surface area contributed by atoms with Crippen LogP contribution >= 0.6 is 35.3 Å². The zero-order chi connectivity index (χ0) is 17.6. The molecule has 0 aliphatic heterocycles. The summed E-state index contributed by atoms with van der Waals surface area (Å²) in [5.41, 5.74) is 1.35. The first-order valence-electron chi connectivity index (χ1n) is 8.78. The smallest absolute Gasteiger partial charge is 0.305 e. The van der Waals surface area contributed by atoms with Crippen LogP contribution in [0.4, 0.5) is 0 Å². The van der Waals surface area contributed by atoms with Gasteiger partial charge in [-0.1, -0.05) is 19.8 Å². The molecule has 0 aliphatic carbocycles. The molecule has 2 N–H and O–H groups in total. The van der Waals surface area contributed by atoms with Gasteiger partial charge in [0.05, 0.1) is 7.11 Å². The lowest BCUT2D eigenvalue weighted by atomic mass is 10.1. The maximum Gasteiger partial charge on any atom is 0.305 e. The molecular weight excluding hydrogens is 449 g/mol. The van der Waals surface area contributed by atoms with E-state index in [9.17, 15) is 4.79 Å². The number of carbonyl (C=O) groups is 1. The Morgan fingerprint density at radius 2 is 2.04 bits per heavy atom. The quantitative estimate of drug-likeness (QED) is 0.164. The summed E-state index contributed by atoms with van der Waals surface area (Å²) in [5, 5.41) is 11.0. The van der Waals surface area contributed by atoms with Crippen molar-refractivity contribution in [1.29, 1.82) is 0 Å². The number of nitrogens with one attached hydrogen (secondary N) is 2. The van der Waals surface area contributed by atoms with Crippen molar-refractivity contribution in [2.24, 2.45) is 4.99 Å². The SMILES string of the molecule is CCNC(=NCC(C)c1ccsc1)NCCCCCCC(=O)OC.I. The molecule has 1 atom stereocenters. The van der Waals surface area contributed by atoms with E-state index in [1.807, 2.05) is 0 Å². The molecule has 0 aromatic carbocycles. The summed E-state index contributed by atoms with van der Waals surface area (Å²) >= 11 is 1.73. The fraction of sp³-hybridized carbons (Fsp3) is 0.667. The zero-order valence-corrected chi connectivity index (χ0v) is 18.7. The number of guanidine groups is 1. The minimum Gasteiger partial charge on any atom is -0.469 e. The van der Waals surface area contributed by atoms with E-state index in [0.717, 1.165) is 51.3 Å². The van der Waals surface area contributed by atoms with E-state index >= 15 is 0 Å². The van der Waals surface area contributed by atoms with Gasteiger partial charge >= 0.3 is 5.97 Å². The highest BCUT2D eigenvalue weighted by Gasteiger charge is 2.06. The van der Waals surface area contributed by atoms with Crippen molar-refractivity contribution in [2.45, 2.75) is 51.9 Å². The van der Waals surface area contributed by atoms with Crippen LogP contribution in [-0.4, -0.2) is 38.7 Å². The number of thiophene rings is 1. The lowest BCUT2D eigenvalue weighted by Crippen LogP contribution is -2.38. The number of rotatable bonds is 11. The van der Waals surface area contributed by atoms with Gasteiger partial charge in [0.2, 0.25) is 0 Å². The molecule has 1 aromatic rings. The monoisotopic (exact) mass is 481 g/mol. The molecule has 0 saturated carbocycles. The molecule has 0 amide bonds. The molecule has 0 spiro atoms. The largest absolute Gasteiger partial charge is 0.469 e. The number of hydrogen-bond donors (Lipinski definition) is 2. The van der Waals surface area contributed by atoms with E-state index in [-0.39, 0.29) is 29.9 Å². The number of hydrogen-bond acceptors (Lipinski definition) is 4. The minimum absolute atomic E-state index is 0. The summed E-state index contributed by atoms with van der Waals surface area (Å²) < 4.78 is 4.63. The predicted octanol–water partition coefficient (Wildman–Crippen LogP) is 4.15. The van der Waals surface area contributed by atoms with Crippen LogP contribution in [0.1, 0.15) is 57.4 Å². The van der Waals surface area contributed by atoms with Crippen molar-refractivity contribution in [3.8, 4) is 0 Å². The third-order valence-electron chi connectivity index (χ3n) is 3.81. The zero-order valence-electron chi connectivity index (χ0n) is 15.5. The molecule has 0 aliphatic rings. The summed E-state index contributed by atoms with van der Waals surface area (Å²) in [4.78, 5) is 15.7. The maximum atomic E-state index is 11.0. The first kappa shape index (κ1) is 24.2. The number of nitrogens with zero attached hydrogens (tertiary/aromatic N) is 1. The fourth-order valence-electron chi connectivity index (χ4n) is 2.29. The second-order valence-electron chi connectivity index (χ2n) is 5.84. The van der Waals surface area contributed by atoms with Gasteiger partial charge in [-0.15, -0.1) is 24.0 Å². The normalized spacial score (nSPS) is 12.2. The Kier molecular flexibility index (Phi) is 14.9. The Bertz CT molecular complexity index is 481. The molecule has 144 valence electrons. The van der Waals surface area contributed by atoms with Crippen molar-refractivity contribution in [3.63, 3.8) is 0 Å². The molecule has 1 unspecified atom stereocenters. The third kappa shape index (κ3) is 11.4.